The van der Waals surface area contributed by atoms with Crippen molar-refractivity contribution in [2.75, 3.05) is 0 Å². The number of carbonyl (C=O) groups excluding carboxylic acids is 2. The number of ether oxygens (including phenoxy) is 2. The summed E-state index contributed by atoms with van der Waals surface area (Å²) in [6.07, 6.45) is 3.67. The van der Waals surface area contributed by atoms with E-state index in [2.05, 4.69) is 13.2 Å². The molecule has 0 fully saturated rings. The molecule has 2 unspecified atom stereocenters. The molecule has 0 aliphatic carbocycles. The SMILES string of the molecule is C=CC(=O)OC(CC)[Si](C)(C)O[Si](C)(C)C(CC)OC(=O)C=C. The molecule has 0 aromatic rings. The summed E-state index contributed by atoms with van der Waals surface area (Å²) in [5.41, 5.74) is -0.542. The van der Waals surface area contributed by atoms with E-state index in [0.29, 0.717) is 12.8 Å². The van der Waals surface area contributed by atoms with Crippen LogP contribution in [0.15, 0.2) is 25.3 Å². The maximum absolute atomic E-state index is 11.5. The number of hydrogen-bond donors (Lipinski definition) is 0. The van der Waals surface area contributed by atoms with Gasteiger partial charge in [-0.1, -0.05) is 27.0 Å². The topological polar surface area (TPSA) is 61.8 Å². The average Bonchev–Trinajstić information content (AvgIpc) is 2.47. The summed E-state index contributed by atoms with van der Waals surface area (Å²) < 4.78 is 17.4. The lowest BCUT2D eigenvalue weighted by atomic mass is 10.5. The van der Waals surface area contributed by atoms with Crippen LogP contribution in [0, 0.1) is 0 Å². The van der Waals surface area contributed by atoms with Gasteiger partial charge in [0.25, 0.3) is 0 Å². The van der Waals surface area contributed by atoms with Crippen molar-refractivity contribution >= 4 is 28.6 Å². The predicted molar refractivity (Wildman–Crippen MR) is 96.8 cm³/mol. The van der Waals surface area contributed by atoms with Gasteiger partial charge in [-0.3, -0.25) is 0 Å². The molecule has 0 aliphatic heterocycles. The van der Waals surface area contributed by atoms with Crippen LogP contribution in [-0.2, 0) is 23.2 Å². The van der Waals surface area contributed by atoms with Gasteiger partial charge in [-0.15, -0.1) is 0 Å². The Morgan fingerprint density at radius 3 is 1.39 bits per heavy atom. The third-order valence-corrected chi connectivity index (χ3v) is 12.0. The maximum Gasteiger partial charge on any atom is 0.330 e. The third kappa shape index (κ3) is 6.84. The van der Waals surface area contributed by atoms with E-state index in [1.165, 1.54) is 0 Å². The first-order chi connectivity index (χ1) is 10.5. The van der Waals surface area contributed by atoms with Crippen LogP contribution in [0.3, 0.4) is 0 Å². The van der Waals surface area contributed by atoms with Gasteiger partial charge in [-0.25, -0.2) is 9.59 Å². The molecule has 0 amide bonds. The molecule has 0 N–H and O–H groups in total. The highest BCUT2D eigenvalue weighted by molar-refractivity contribution is 6.86. The van der Waals surface area contributed by atoms with E-state index in [9.17, 15) is 9.59 Å². The van der Waals surface area contributed by atoms with Crippen LogP contribution in [0.1, 0.15) is 26.7 Å². The maximum atomic E-state index is 11.5. The zero-order chi connectivity index (χ0) is 18.3. The van der Waals surface area contributed by atoms with E-state index < -0.39 is 28.6 Å². The van der Waals surface area contributed by atoms with Crippen LogP contribution in [-0.4, -0.2) is 40.0 Å². The van der Waals surface area contributed by atoms with Gasteiger partial charge in [-0.2, -0.15) is 0 Å². The van der Waals surface area contributed by atoms with Crippen LogP contribution in [0.4, 0.5) is 0 Å². The van der Waals surface area contributed by atoms with E-state index in [0.717, 1.165) is 12.2 Å². The second-order valence-electron chi connectivity index (χ2n) is 6.38. The fourth-order valence-corrected chi connectivity index (χ4v) is 11.9. The summed E-state index contributed by atoms with van der Waals surface area (Å²) in [5.74, 6) is -0.878. The quantitative estimate of drug-likeness (QED) is 0.340. The molecule has 0 saturated carbocycles. The van der Waals surface area contributed by atoms with E-state index in [-0.39, 0.29) is 11.5 Å². The molecule has 0 spiro atoms. The predicted octanol–water partition coefficient (Wildman–Crippen LogP) is 3.51. The molecule has 0 aliphatic rings. The third-order valence-electron chi connectivity index (χ3n) is 3.67. The van der Waals surface area contributed by atoms with Gasteiger partial charge >= 0.3 is 11.9 Å². The Labute approximate surface area is 142 Å². The van der Waals surface area contributed by atoms with Gasteiger partial charge in [0.1, 0.15) is 11.5 Å². The normalized spacial score (nSPS) is 14.5. The van der Waals surface area contributed by atoms with Crippen molar-refractivity contribution in [1.82, 2.24) is 0 Å². The zero-order valence-electron chi connectivity index (χ0n) is 15.2. The Morgan fingerprint density at radius 1 is 0.870 bits per heavy atom. The standard InChI is InChI=1S/C16H30O5Si2/c1-9-13(17)19-15(11-3)22(5,6)21-23(7,8)16(12-4)20-14(18)10-2/h9-10,15-16H,1-2,11-12H2,3-8H3. The largest absolute Gasteiger partial charge is 0.460 e. The highest BCUT2D eigenvalue weighted by atomic mass is 28.4. The van der Waals surface area contributed by atoms with E-state index in [4.69, 9.17) is 13.6 Å². The van der Waals surface area contributed by atoms with Crippen LogP contribution in [0.2, 0.25) is 26.2 Å². The highest BCUT2D eigenvalue weighted by Crippen LogP contribution is 2.26. The fourth-order valence-electron chi connectivity index (χ4n) is 2.62. The van der Waals surface area contributed by atoms with E-state index >= 15 is 0 Å². The van der Waals surface area contributed by atoms with E-state index in [1.807, 2.05) is 40.0 Å². The number of esters is 2. The first-order valence-electron chi connectivity index (χ1n) is 7.90. The number of rotatable bonds is 10. The molecule has 5 nitrogen and oxygen atoms in total. The summed E-state index contributed by atoms with van der Waals surface area (Å²) in [6.45, 7) is 18.9. The summed E-state index contributed by atoms with van der Waals surface area (Å²) in [5, 5.41) is 0. The highest BCUT2D eigenvalue weighted by Gasteiger charge is 2.45. The molecule has 0 heterocycles. The molecule has 0 aromatic carbocycles. The summed E-state index contributed by atoms with van der Waals surface area (Å²) >= 11 is 0. The van der Waals surface area contributed by atoms with Gasteiger partial charge in [-0.05, 0) is 39.0 Å². The van der Waals surface area contributed by atoms with Gasteiger partial charge in [0.15, 0.2) is 0 Å². The van der Waals surface area contributed by atoms with Gasteiger partial charge in [0.2, 0.25) is 16.6 Å². The minimum absolute atomic E-state index is 0.271. The molecule has 23 heavy (non-hydrogen) atoms. The van der Waals surface area contributed by atoms with Crippen LogP contribution < -0.4 is 0 Å². The molecule has 132 valence electrons. The smallest absolute Gasteiger partial charge is 0.330 e. The first-order valence-corrected chi connectivity index (χ1v) is 13.9. The van der Waals surface area contributed by atoms with Crippen molar-refractivity contribution in [2.45, 2.75) is 64.3 Å². The Hall–Kier alpha value is -1.19. The second kappa shape index (κ2) is 9.19. The van der Waals surface area contributed by atoms with Crippen molar-refractivity contribution in [3.63, 3.8) is 0 Å². The first kappa shape index (κ1) is 21.8. The van der Waals surface area contributed by atoms with Crippen molar-refractivity contribution in [3.8, 4) is 0 Å². The molecule has 2 atom stereocenters. The van der Waals surface area contributed by atoms with Crippen LogP contribution in [0.25, 0.3) is 0 Å². The van der Waals surface area contributed by atoms with Gasteiger partial charge < -0.3 is 13.6 Å². The van der Waals surface area contributed by atoms with E-state index in [1.54, 1.807) is 0 Å². The van der Waals surface area contributed by atoms with Gasteiger partial charge in [0.05, 0.1) is 0 Å². The second-order valence-corrected chi connectivity index (χ2v) is 14.9. The van der Waals surface area contributed by atoms with Crippen LogP contribution >= 0.6 is 0 Å². The lowest BCUT2D eigenvalue weighted by molar-refractivity contribution is -0.140. The molecular formula is C16H30O5Si2. The fraction of sp³-hybridized carbons (Fsp3) is 0.625. The molecule has 0 rings (SSSR count). The van der Waals surface area contributed by atoms with Crippen molar-refractivity contribution in [2.24, 2.45) is 0 Å². The zero-order valence-corrected chi connectivity index (χ0v) is 17.2. The average molecular weight is 359 g/mol. The van der Waals surface area contributed by atoms with Crippen molar-refractivity contribution < 1.29 is 23.2 Å². The molecule has 0 bridgehead atoms. The lowest BCUT2D eigenvalue weighted by Crippen LogP contribution is -2.58. The molecule has 7 heteroatoms. The molecule has 0 aromatic heterocycles. The minimum Gasteiger partial charge on any atom is -0.460 e. The summed E-state index contributed by atoms with van der Waals surface area (Å²) in [6, 6.07) is 0. The Bertz CT molecular complexity index is 406. The lowest BCUT2D eigenvalue weighted by Gasteiger charge is -2.40. The monoisotopic (exact) mass is 358 g/mol. The number of hydrogen-bond acceptors (Lipinski definition) is 5. The summed E-state index contributed by atoms with van der Waals surface area (Å²) in [7, 11) is -4.67. The van der Waals surface area contributed by atoms with Gasteiger partial charge in [0, 0.05) is 12.2 Å². The summed E-state index contributed by atoms with van der Waals surface area (Å²) in [4.78, 5) is 23.1. The Balaban J connectivity index is 5.19. The Kier molecular flexibility index (Phi) is 8.72. The van der Waals surface area contributed by atoms with Crippen LogP contribution in [0.5, 0.6) is 0 Å². The number of carbonyl (C=O) groups is 2. The molecular weight excluding hydrogens is 328 g/mol. The van der Waals surface area contributed by atoms with Crippen molar-refractivity contribution in [3.05, 3.63) is 25.3 Å². The molecule has 0 radical (unpaired) electrons. The van der Waals surface area contributed by atoms with Crippen molar-refractivity contribution in [1.29, 1.82) is 0 Å². The molecule has 0 saturated heterocycles. The minimum atomic E-state index is -2.33. The Morgan fingerprint density at radius 2 is 1.17 bits per heavy atom.